The summed E-state index contributed by atoms with van der Waals surface area (Å²) in [7, 11) is 0. The summed E-state index contributed by atoms with van der Waals surface area (Å²) >= 11 is 5.37. The highest BCUT2D eigenvalue weighted by Crippen LogP contribution is 2.54. The molecule has 0 saturated heterocycles. The Balaban J connectivity index is 1.68. The second-order valence-corrected chi connectivity index (χ2v) is 6.32. The van der Waals surface area contributed by atoms with Gasteiger partial charge in [-0.25, -0.2) is 4.79 Å². The lowest BCUT2D eigenvalue weighted by Gasteiger charge is -2.07. The number of nitrogens with zero attached hydrogens (tertiary/aromatic N) is 2. The topological polar surface area (TPSA) is 70.9 Å². The molecule has 0 spiro atoms. The van der Waals surface area contributed by atoms with Crippen LogP contribution in [0.1, 0.15) is 40.0 Å². The zero-order chi connectivity index (χ0) is 16.7. The van der Waals surface area contributed by atoms with Gasteiger partial charge in [0, 0.05) is 11.6 Å². The summed E-state index contributed by atoms with van der Waals surface area (Å²) in [5, 5.41) is 16.3. The Kier molecular flexibility index (Phi) is 3.54. The molecular weight excluding hydrogens is 322 g/mol. The summed E-state index contributed by atoms with van der Waals surface area (Å²) in [6.07, 6.45) is 1.04. The molecule has 1 aromatic heterocycles. The van der Waals surface area contributed by atoms with E-state index in [1.807, 2.05) is 22.8 Å². The van der Waals surface area contributed by atoms with Gasteiger partial charge in [0.2, 0.25) is 0 Å². The number of H-pyrrole nitrogens is 1. The molecule has 24 heavy (non-hydrogen) atoms. The molecule has 6 heteroatoms. The first-order valence-electron chi connectivity index (χ1n) is 7.71. The fourth-order valence-electron chi connectivity index (χ4n) is 3.11. The summed E-state index contributed by atoms with van der Waals surface area (Å²) in [5.74, 6) is 0.730. The Morgan fingerprint density at radius 1 is 1.12 bits per heavy atom. The molecule has 0 unspecified atom stereocenters. The van der Waals surface area contributed by atoms with Crippen LogP contribution in [0, 0.1) is 4.77 Å². The van der Waals surface area contributed by atoms with Crippen molar-refractivity contribution in [2.45, 2.75) is 18.3 Å². The van der Waals surface area contributed by atoms with Crippen LogP contribution in [0.3, 0.4) is 0 Å². The van der Waals surface area contributed by atoms with Crippen molar-refractivity contribution in [3.05, 3.63) is 76.3 Å². The maximum Gasteiger partial charge on any atom is 0.335 e. The van der Waals surface area contributed by atoms with Crippen LogP contribution >= 0.6 is 12.2 Å². The fraction of sp³-hybridized carbons (Fsp3) is 0.167. The number of hydrogen-bond acceptors (Lipinski definition) is 3. The third-order valence-corrected chi connectivity index (χ3v) is 4.69. The van der Waals surface area contributed by atoms with Crippen molar-refractivity contribution in [1.82, 2.24) is 14.8 Å². The molecule has 1 fully saturated rings. The van der Waals surface area contributed by atoms with E-state index in [2.05, 4.69) is 22.3 Å². The first-order valence-corrected chi connectivity index (χ1v) is 8.12. The molecule has 0 aliphatic heterocycles. The second-order valence-electron chi connectivity index (χ2n) is 5.93. The third-order valence-electron chi connectivity index (χ3n) is 4.42. The van der Waals surface area contributed by atoms with E-state index in [9.17, 15) is 4.79 Å². The van der Waals surface area contributed by atoms with Crippen molar-refractivity contribution in [2.24, 2.45) is 0 Å². The number of rotatable bonds is 4. The number of hydrogen-bond donors (Lipinski definition) is 2. The number of nitrogens with one attached hydrogen (secondary N) is 1. The third kappa shape index (κ3) is 2.55. The van der Waals surface area contributed by atoms with Crippen LogP contribution in [0.2, 0.25) is 0 Å². The van der Waals surface area contributed by atoms with E-state index in [0.717, 1.165) is 17.9 Å². The molecule has 1 heterocycles. The zero-order valence-corrected chi connectivity index (χ0v) is 13.5. The Morgan fingerprint density at radius 3 is 2.50 bits per heavy atom. The Morgan fingerprint density at radius 2 is 1.83 bits per heavy atom. The standard InChI is InChI=1S/C18H15N3O2S/c22-17(23)12-6-8-13(9-7-12)21-16(19-20-18(21)24)15-10-14(15)11-4-2-1-3-5-11/h1-9,14-15H,10H2,(H,20,24)(H,22,23)/t14-,15+/m1/s1. The number of carboxylic acid groups (broad SMARTS) is 1. The minimum atomic E-state index is -0.941. The lowest BCUT2D eigenvalue weighted by Crippen LogP contribution is -2.02. The predicted molar refractivity (Wildman–Crippen MR) is 92.2 cm³/mol. The van der Waals surface area contributed by atoms with Crippen molar-refractivity contribution >= 4 is 18.2 Å². The fourth-order valence-corrected chi connectivity index (χ4v) is 3.35. The first kappa shape index (κ1) is 14.8. The summed E-state index contributed by atoms with van der Waals surface area (Å²) < 4.78 is 2.42. The maximum atomic E-state index is 11.0. The van der Waals surface area contributed by atoms with Gasteiger partial charge in [-0.1, -0.05) is 30.3 Å². The Labute approximate surface area is 143 Å². The number of aromatic amines is 1. The molecule has 0 bridgehead atoms. The van der Waals surface area contributed by atoms with Crippen LogP contribution in [0.25, 0.3) is 5.69 Å². The Hall–Kier alpha value is -2.73. The SMILES string of the molecule is O=C(O)c1ccc(-n2c([C@H]3C[C@@H]3c3ccccc3)n[nH]c2=S)cc1. The first-order chi connectivity index (χ1) is 11.6. The minimum absolute atomic E-state index is 0.254. The summed E-state index contributed by atoms with van der Waals surface area (Å²) in [4.78, 5) is 11.0. The van der Waals surface area contributed by atoms with E-state index in [1.165, 1.54) is 5.56 Å². The summed E-state index contributed by atoms with van der Waals surface area (Å²) in [6, 6.07) is 17.1. The average Bonchev–Trinajstić information content (AvgIpc) is 3.31. The molecule has 5 nitrogen and oxygen atoms in total. The predicted octanol–water partition coefficient (Wildman–Crippen LogP) is 3.90. The molecule has 0 radical (unpaired) electrons. The lowest BCUT2D eigenvalue weighted by molar-refractivity contribution is 0.0697. The molecule has 2 N–H and O–H groups in total. The Bertz CT molecular complexity index is 944. The summed E-state index contributed by atoms with van der Waals surface area (Å²) in [5.41, 5.74) is 2.39. The summed E-state index contributed by atoms with van der Waals surface area (Å²) in [6.45, 7) is 0. The zero-order valence-electron chi connectivity index (χ0n) is 12.7. The quantitative estimate of drug-likeness (QED) is 0.708. The van der Waals surface area contributed by atoms with Gasteiger partial charge in [-0.3, -0.25) is 9.67 Å². The van der Waals surface area contributed by atoms with Crippen molar-refractivity contribution in [3.63, 3.8) is 0 Å². The molecule has 1 aliphatic rings. The monoisotopic (exact) mass is 337 g/mol. The molecule has 3 aromatic rings. The highest BCUT2D eigenvalue weighted by Gasteiger charge is 2.43. The number of aromatic carboxylic acids is 1. The van der Waals surface area contributed by atoms with Crippen LogP contribution in [-0.2, 0) is 0 Å². The normalized spacial score (nSPS) is 19.2. The van der Waals surface area contributed by atoms with Gasteiger partial charge < -0.3 is 5.11 Å². The molecule has 2 atom stereocenters. The maximum absolute atomic E-state index is 11.0. The van der Waals surface area contributed by atoms with Crippen molar-refractivity contribution < 1.29 is 9.90 Å². The van der Waals surface area contributed by atoms with Gasteiger partial charge in [-0.05, 0) is 54.4 Å². The molecular formula is C18H15N3O2S. The molecule has 4 rings (SSSR count). The molecule has 1 aliphatic carbocycles. The highest BCUT2D eigenvalue weighted by atomic mass is 32.1. The molecule has 120 valence electrons. The molecule has 0 amide bonds. The van der Waals surface area contributed by atoms with Gasteiger partial charge in [0.1, 0.15) is 5.82 Å². The minimum Gasteiger partial charge on any atom is -0.478 e. The van der Waals surface area contributed by atoms with E-state index in [4.69, 9.17) is 17.3 Å². The van der Waals surface area contributed by atoms with Gasteiger partial charge in [0.05, 0.1) is 5.56 Å². The molecule has 2 aromatic carbocycles. The van der Waals surface area contributed by atoms with Crippen LogP contribution in [0.5, 0.6) is 0 Å². The van der Waals surface area contributed by atoms with Gasteiger partial charge >= 0.3 is 5.97 Å². The van der Waals surface area contributed by atoms with Crippen LogP contribution in [-0.4, -0.2) is 25.8 Å². The van der Waals surface area contributed by atoms with E-state index < -0.39 is 5.97 Å². The van der Waals surface area contributed by atoms with E-state index in [-0.39, 0.29) is 5.56 Å². The largest absolute Gasteiger partial charge is 0.478 e. The van der Waals surface area contributed by atoms with Crippen LogP contribution in [0.4, 0.5) is 0 Å². The second kappa shape index (κ2) is 5.72. The van der Waals surface area contributed by atoms with Gasteiger partial charge in [0.25, 0.3) is 0 Å². The van der Waals surface area contributed by atoms with Crippen LogP contribution < -0.4 is 0 Å². The van der Waals surface area contributed by atoms with Gasteiger partial charge in [0.15, 0.2) is 4.77 Å². The average molecular weight is 337 g/mol. The van der Waals surface area contributed by atoms with Crippen molar-refractivity contribution in [3.8, 4) is 5.69 Å². The molecule has 1 saturated carbocycles. The lowest BCUT2D eigenvalue weighted by atomic mass is 10.1. The number of aromatic nitrogens is 3. The van der Waals surface area contributed by atoms with Crippen molar-refractivity contribution in [1.29, 1.82) is 0 Å². The van der Waals surface area contributed by atoms with Gasteiger partial charge in [-0.15, -0.1) is 0 Å². The van der Waals surface area contributed by atoms with Crippen molar-refractivity contribution in [2.75, 3.05) is 0 Å². The van der Waals surface area contributed by atoms with E-state index >= 15 is 0 Å². The highest BCUT2D eigenvalue weighted by molar-refractivity contribution is 7.71. The number of carbonyl (C=O) groups is 1. The van der Waals surface area contributed by atoms with Crippen LogP contribution in [0.15, 0.2) is 54.6 Å². The van der Waals surface area contributed by atoms with E-state index in [1.54, 1.807) is 24.3 Å². The number of carboxylic acids is 1. The number of benzene rings is 2. The van der Waals surface area contributed by atoms with Gasteiger partial charge in [-0.2, -0.15) is 5.10 Å². The smallest absolute Gasteiger partial charge is 0.335 e. The van der Waals surface area contributed by atoms with E-state index in [0.29, 0.717) is 16.6 Å².